The van der Waals surface area contributed by atoms with Crippen molar-refractivity contribution in [3.8, 4) is 0 Å². The summed E-state index contributed by atoms with van der Waals surface area (Å²) in [7, 11) is 0. The Hall–Kier alpha value is -0.890. The maximum absolute atomic E-state index is 12.6. The van der Waals surface area contributed by atoms with Crippen LogP contribution in [0.3, 0.4) is 0 Å². The van der Waals surface area contributed by atoms with Crippen molar-refractivity contribution in [2.75, 3.05) is 0 Å². The molecule has 26 heavy (non-hydrogen) atoms. The zero-order valence-electron chi connectivity index (χ0n) is 16.3. The summed E-state index contributed by atoms with van der Waals surface area (Å²) in [6.07, 6.45) is 9.56. The van der Waals surface area contributed by atoms with Crippen LogP contribution >= 0.6 is 11.6 Å². The van der Waals surface area contributed by atoms with E-state index in [0.717, 1.165) is 42.7 Å². The summed E-state index contributed by atoms with van der Waals surface area (Å²) < 4.78 is 0. The summed E-state index contributed by atoms with van der Waals surface area (Å²) in [5.74, 6) is 2.89. The fourth-order valence-electron chi connectivity index (χ4n) is 7.81. The first-order chi connectivity index (χ1) is 12.1. The monoisotopic (exact) mass is 372 g/mol. The molecule has 3 heteroatoms. The normalized spacial score (nSPS) is 54.3. The summed E-state index contributed by atoms with van der Waals surface area (Å²) in [6.45, 7) is 8.73. The summed E-state index contributed by atoms with van der Waals surface area (Å²) in [5.41, 5.74) is 1.02. The molecule has 0 amide bonds. The number of rotatable bonds is 1. The summed E-state index contributed by atoms with van der Waals surface area (Å²) in [5, 5.41) is 0.813. The molecule has 0 heterocycles. The van der Waals surface area contributed by atoms with Crippen molar-refractivity contribution < 1.29 is 9.59 Å². The van der Waals surface area contributed by atoms with Gasteiger partial charge in [0.1, 0.15) is 5.78 Å². The molecule has 0 spiro atoms. The molecule has 0 bridgehead atoms. The van der Waals surface area contributed by atoms with Crippen LogP contribution in [0, 0.1) is 45.8 Å². The van der Waals surface area contributed by atoms with E-state index in [1.807, 2.05) is 6.08 Å². The van der Waals surface area contributed by atoms with Crippen LogP contribution in [0.25, 0.3) is 0 Å². The predicted octanol–water partition coefficient (Wildman–Crippen LogP) is 5.31. The van der Waals surface area contributed by atoms with Crippen molar-refractivity contribution in [3.05, 3.63) is 22.8 Å². The van der Waals surface area contributed by atoms with Crippen LogP contribution < -0.4 is 0 Å². The van der Waals surface area contributed by atoms with E-state index in [1.54, 1.807) is 6.92 Å². The Morgan fingerprint density at radius 3 is 2.50 bits per heavy atom. The average Bonchev–Trinajstić information content (AvgIpc) is 3.33. The van der Waals surface area contributed by atoms with E-state index in [-0.39, 0.29) is 27.9 Å². The lowest BCUT2D eigenvalue weighted by Crippen LogP contribution is -2.53. The second-order valence-corrected chi connectivity index (χ2v) is 10.8. The van der Waals surface area contributed by atoms with Crippen molar-refractivity contribution in [1.82, 2.24) is 0 Å². The van der Waals surface area contributed by atoms with Gasteiger partial charge in [0.2, 0.25) is 0 Å². The van der Waals surface area contributed by atoms with Gasteiger partial charge < -0.3 is 0 Å². The lowest BCUT2D eigenvalue weighted by atomic mass is 9.46. The molecule has 0 saturated heterocycles. The van der Waals surface area contributed by atoms with Gasteiger partial charge in [-0.05, 0) is 79.8 Å². The minimum absolute atomic E-state index is 0.0472. The number of hydrogen-bond donors (Lipinski definition) is 0. The first-order valence-corrected chi connectivity index (χ1v) is 10.7. The molecule has 0 aromatic heterocycles. The number of ketones is 2. The van der Waals surface area contributed by atoms with Crippen molar-refractivity contribution >= 4 is 23.2 Å². The van der Waals surface area contributed by atoms with E-state index < -0.39 is 0 Å². The molecule has 3 fully saturated rings. The third-order valence-electron chi connectivity index (χ3n) is 9.87. The van der Waals surface area contributed by atoms with Crippen molar-refractivity contribution in [3.63, 3.8) is 0 Å². The first-order valence-electron chi connectivity index (χ1n) is 10.3. The minimum atomic E-state index is -0.204. The SMILES string of the molecule is CC(=O)[C@@]1(C)CC[C@H]2[C@@H]3C=C(Cl)C4=CC(=O)[C@@H]5C[C@@H]5[C@]4(C)[C@H]3CC[C@@]21C. The fraction of sp³-hybridized carbons (Fsp3) is 0.739. The van der Waals surface area contributed by atoms with Gasteiger partial charge in [0.05, 0.1) is 0 Å². The highest BCUT2D eigenvalue weighted by atomic mass is 35.5. The number of Topliss-reactive ketones (excluding diaryl/α,β-unsaturated/α-hetero) is 1. The van der Waals surface area contributed by atoms with E-state index in [2.05, 4.69) is 26.8 Å². The smallest absolute Gasteiger partial charge is 0.159 e. The van der Waals surface area contributed by atoms with Crippen LogP contribution in [0.5, 0.6) is 0 Å². The highest BCUT2D eigenvalue weighted by molar-refractivity contribution is 6.32. The number of fused-ring (bicyclic) bond motifs is 7. The molecule has 140 valence electrons. The molecular weight excluding hydrogens is 344 g/mol. The maximum Gasteiger partial charge on any atom is 0.159 e. The number of carbonyl (C=O) groups is 2. The predicted molar refractivity (Wildman–Crippen MR) is 103 cm³/mol. The van der Waals surface area contributed by atoms with Gasteiger partial charge in [0, 0.05) is 21.8 Å². The minimum Gasteiger partial charge on any atom is -0.299 e. The molecule has 0 aliphatic heterocycles. The Labute approximate surface area is 161 Å². The number of carbonyl (C=O) groups excluding carboxylic acids is 2. The highest BCUT2D eigenvalue weighted by Crippen LogP contribution is 2.73. The Morgan fingerprint density at radius 1 is 1.12 bits per heavy atom. The Kier molecular flexibility index (Phi) is 3.27. The number of allylic oxidation sites excluding steroid dienone is 4. The van der Waals surface area contributed by atoms with Crippen molar-refractivity contribution in [1.29, 1.82) is 0 Å². The lowest BCUT2D eigenvalue weighted by Gasteiger charge is -2.58. The largest absolute Gasteiger partial charge is 0.299 e. The van der Waals surface area contributed by atoms with Gasteiger partial charge in [-0.15, -0.1) is 0 Å². The summed E-state index contributed by atoms with van der Waals surface area (Å²) in [6, 6.07) is 0. The molecule has 0 aromatic carbocycles. The van der Waals surface area contributed by atoms with Crippen LogP contribution in [0.2, 0.25) is 0 Å². The summed E-state index contributed by atoms with van der Waals surface area (Å²) in [4.78, 5) is 24.9. The molecular formula is C23H29ClO2. The Bertz CT molecular complexity index is 794. The maximum atomic E-state index is 12.6. The zero-order chi connectivity index (χ0) is 18.6. The zero-order valence-corrected chi connectivity index (χ0v) is 17.0. The van der Waals surface area contributed by atoms with Gasteiger partial charge in [-0.25, -0.2) is 0 Å². The number of hydrogen-bond acceptors (Lipinski definition) is 2. The second-order valence-electron chi connectivity index (χ2n) is 10.4. The third-order valence-corrected chi connectivity index (χ3v) is 10.2. The van der Waals surface area contributed by atoms with Gasteiger partial charge in [0.15, 0.2) is 5.78 Å². The van der Waals surface area contributed by atoms with Gasteiger partial charge in [-0.2, -0.15) is 0 Å². The molecule has 0 aromatic rings. The Morgan fingerprint density at radius 2 is 1.81 bits per heavy atom. The van der Waals surface area contributed by atoms with Crippen molar-refractivity contribution in [2.45, 2.75) is 59.8 Å². The van der Waals surface area contributed by atoms with Crippen LogP contribution in [-0.2, 0) is 9.59 Å². The highest BCUT2D eigenvalue weighted by Gasteiger charge is 2.68. The second kappa shape index (κ2) is 4.93. The van der Waals surface area contributed by atoms with Crippen LogP contribution in [0.4, 0.5) is 0 Å². The van der Waals surface area contributed by atoms with Gasteiger partial charge >= 0.3 is 0 Å². The van der Waals surface area contributed by atoms with Gasteiger partial charge in [-0.3, -0.25) is 9.59 Å². The first kappa shape index (κ1) is 17.2. The van der Waals surface area contributed by atoms with Crippen LogP contribution in [-0.4, -0.2) is 11.6 Å². The van der Waals surface area contributed by atoms with E-state index >= 15 is 0 Å². The van der Waals surface area contributed by atoms with Crippen molar-refractivity contribution in [2.24, 2.45) is 45.8 Å². The van der Waals surface area contributed by atoms with E-state index in [1.165, 1.54) is 0 Å². The topological polar surface area (TPSA) is 34.1 Å². The van der Waals surface area contributed by atoms with E-state index in [0.29, 0.717) is 29.5 Å². The molecule has 0 N–H and O–H groups in total. The molecule has 0 radical (unpaired) electrons. The molecule has 5 rings (SSSR count). The Balaban J connectivity index is 1.62. The fourth-order valence-corrected chi connectivity index (χ4v) is 8.21. The number of halogens is 1. The molecule has 3 saturated carbocycles. The average molecular weight is 373 g/mol. The van der Waals surface area contributed by atoms with Crippen LogP contribution in [0.1, 0.15) is 59.8 Å². The summed E-state index contributed by atoms with van der Waals surface area (Å²) >= 11 is 6.79. The quantitative estimate of drug-likeness (QED) is 0.624. The molecule has 5 aliphatic rings. The van der Waals surface area contributed by atoms with Gasteiger partial charge in [0.25, 0.3) is 0 Å². The lowest BCUT2D eigenvalue weighted by molar-refractivity contribution is -0.137. The third kappa shape index (κ3) is 1.76. The molecule has 8 atom stereocenters. The van der Waals surface area contributed by atoms with E-state index in [9.17, 15) is 9.59 Å². The van der Waals surface area contributed by atoms with Gasteiger partial charge in [-0.1, -0.05) is 38.4 Å². The standard InChI is InChI=1S/C23H29ClO2/c1-12(25)21(2)7-5-15-13-10-19(24)18-11-20(26)14-9-17(14)23(18,4)16(13)6-8-22(15,21)3/h10-11,13-17H,5-9H2,1-4H3/t13-,14+,15-,16-,17-,21+,22-,23-/m0/s1. The van der Waals surface area contributed by atoms with E-state index in [4.69, 9.17) is 11.6 Å². The molecule has 0 unspecified atom stereocenters. The molecule has 5 aliphatic carbocycles. The van der Waals surface area contributed by atoms with Crippen LogP contribution in [0.15, 0.2) is 22.8 Å². The molecule has 2 nitrogen and oxygen atoms in total.